The highest BCUT2D eigenvalue weighted by atomic mass is 16.2. The molecule has 2 amide bonds. The van der Waals surface area contributed by atoms with E-state index >= 15 is 0 Å². The molecule has 0 bridgehead atoms. The molecule has 6 nitrogen and oxygen atoms in total. The predicted octanol–water partition coefficient (Wildman–Crippen LogP) is -0.132. The van der Waals surface area contributed by atoms with Crippen LogP contribution < -0.4 is 5.32 Å². The van der Waals surface area contributed by atoms with E-state index < -0.39 is 0 Å². The maximum atomic E-state index is 11.9. The van der Waals surface area contributed by atoms with Crippen LogP contribution in [0.5, 0.6) is 0 Å². The Labute approximate surface area is 106 Å². The Morgan fingerprint density at radius 3 is 3.11 bits per heavy atom. The van der Waals surface area contributed by atoms with E-state index in [4.69, 9.17) is 0 Å². The van der Waals surface area contributed by atoms with Crippen molar-refractivity contribution < 1.29 is 9.59 Å². The number of hydrogen-bond acceptors (Lipinski definition) is 3. The lowest BCUT2D eigenvalue weighted by molar-refractivity contribution is -0.139. The number of imidazole rings is 1. The third kappa shape index (κ3) is 3.09. The highest BCUT2D eigenvalue weighted by Crippen LogP contribution is 2.16. The first-order valence-electron chi connectivity index (χ1n) is 6.14. The second kappa shape index (κ2) is 5.66. The van der Waals surface area contributed by atoms with Crippen LogP contribution >= 0.6 is 0 Å². The maximum Gasteiger partial charge on any atom is 0.223 e. The monoisotopic (exact) mass is 250 g/mol. The molecule has 1 aromatic heterocycles. The van der Waals surface area contributed by atoms with Gasteiger partial charge >= 0.3 is 0 Å². The number of nitrogens with one attached hydrogen (secondary N) is 1. The lowest BCUT2D eigenvalue weighted by Gasteiger charge is -2.27. The standard InChI is InChI=1S/C12H18N4O2/c1-15-5-2-10(8-11(15)17)12(18)14-4-7-16-6-3-13-9-16/h3,6,9-10H,2,4-5,7-8H2,1H3,(H,14,18)/t10-/m1/s1. The minimum Gasteiger partial charge on any atom is -0.354 e. The number of amides is 2. The molecule has 0 aliphatic carbocycles. The molecule has 1 aliphatic heterocycles. The zero-order valence-electron chi connectivity index (χ0n) is 10.5. The quantitative estimate of drug-likeness (QED) is 0.809. The lowest BCUT2D eigenvalue weighted by Crippen LogP contribution is -2.42. The van der Waals surface area contributed by atoms with Gasteiger partial charge in [0.1, 0.15) is 0 Å². The summed E-state index contributed by atoms with van der Waals surface area (Å²) in [5, 5.41) is 2.87. The molecule has 1 atom stereocenters. The lowest BCUT2D eigenvalue weighted by atomic mass is 9.96. The van der Waals surface area contributed by atoms with Gasteiger partial charge in [-0.1, -0.05) is 0 Å². The molecule has 1 saturated heterocycles. The minimum absolute atomic E-state index is 0.0171. The van der Waals surface area contributed by atoms with Crippen LogP contribution in [0, 0.1) is 5.92 Å². The number of carbonyl (C=O) groups is 2. The van der Waals surface area contributed by atoms with Gasteiger partial charge in [-0.25, -0.2) is 4.98 Å². The van der Waals surface area contributed by atoms with Gasteiger partial charge in [0, 0.05) is 51.4 Å². The predicted molar refractivity (Wildman–Crippen MR) is 65.6 cm³/mol. The molecular formula is C12H18N4O2. The van der Waals surface area contributed by atoms with Gasteiger partial charge in [-0.2, -0.15) is 0 Å². The molecule has 0 aromatic carbocycles. The largest absolute Gasteiger partial charge is 0.354 e. The number of nitrogens with zero attached hydrogens (tertiary/aromatic N) is 3. The van der Waals surface area contributed by atoms with Gasteiger partial charge < -0.3 is 14.8 Å². The highest BCUT2D eigenvalue weighted by Gasteiger charge is 2.28. The topological polar surface area (TPSA) is 67.2 Å². The molecule has 6 heteroatoms. The second-order valence-electron chi connectivity index (χ2n) is 4.60. The summed E-state index contributed by atoms with van der Waals surface area (Å²) in [7, 11) is 1.77. The molecule has 1 aromatic rings. The number of aromatic nitrogens is 2. The summed E-state index contributed by atoms with van der Waals surface area (Å²) in [5.74, 6) is -0.135. The van der Waals surface area contributed by atoms with Gasteiger partial charge in [0.05, 0.1) is 6.33 Å². The third-order valence-electron chi connectivity index (χ3n) is 3.26. The Morgan fingerprint density at radius 1 is 1.61 bits per heavy atom. The van der Waals surface area contributed by atoms with Crippen molar-refractivity contribution in [2.24, 2.45) is 5.92 Å². The van der Waals surface area contributed by atoms with Crippen LogP contribution in [-0.4, -0.2) is 46.4 Å². The summed E-state index contributed by atoms with van der Waals surface area (Å²) in [6, 6.07) is 0. The second-order valence-corrected chi connectivity index (χ2v) is 4.60. The molecule has 0 spiro atoms. The fourth-order valence-corrected chi connectivity index (χ4v) is 2.04. The number of hydrogen-bond donors (Lipinski definition) is 1. The van der Waals surface area contributed by atoms with Crippen molar-refractivity contribution in [2.45, 2.75) is 19.4 Å². The van der Waals surface area contributed by atoms with Gasteiger partial charge in [-0.3, -0.25) is 9.59 Å². The first-order valence-corrected chi connectivity index (χ1v) is 6.14. The Bertz CT molecular complexity index is 416. The number of carbonyl (C=O) groups excluding carboxylic acids is 2. The Kier molecular flexibility index (Phi) is 3.96. The molecular weight excluding hydrogens is 232 g/mol. The van der Waals surface area contributed by atoms with Crippen LogP contribution in [0.1, 0.15) is 12.8 Å². The maximum absolute atomic E-state index is 11.9. The van der Waals surface area contributed by atoms with Crippen molar-refractivity contribution in [1.82, 2.24) is 19.8 Å². The molecule has 0 unspecified atom stereocenters. The van der Waals surface area contributed by atoms with Gasteiger partial charge in [-0.05, 0) is 6.42 Å². The Morgan fingerprint density at radius 2 is 2.44 bits per heavy atom. The van der Waals surface area contributed by atoms with Crippen LogP contribution in [0.2, 0.25) is 0 Å². The summed E-state index contributed by atoms with van der Waals surface area (Å²) >= 11 is 0. The van der Waals surface area contributed by atoms with E-state index in [1.807, 2.05) is 10.8 Å². The van der Waals surface area contributed by atoms with Gasteiger partial charge in [0.15, 0.2) is 0 Å². The van der Waals surface area contributed by atoms with E-state index in [1.165, 1.54) is 0 Å². The summed E-state index contributed by atoms with van der Waals surface area (Å²) in [6.45, 7) is 1.93. The summed E-state index contributed by atoms with van der Waals surface area (Å²) in [6.07, 6.45) is 6.35. The van der Waals surface area contributed by atoms with Crippen molar-refractivity contribution in [3.8, 4) is 0 Å². The van der Waals surface area contributed by atoms with Crippen molar-refractivity contribution >= 4 is 11.8 Å². The molecule has 2 rings (SSSR count). The molecule has 1 N–H and O–H groups in total. The zero-order valence-corrected chi connectivity index (χ0v) is 10.5. The number of rotatable bonds is 4. The van der Waals surface area contributed by atoms with Crippen molar-refractivity contribution in [3.63, 3.8) is 0 Å². The van der Waals surface area contributed by atoms with Crippen molar-refractivity contribution in [1.29, 1.82) is 0 Å². The summed E-state index contributed by atoms with van der Waals surface area (Å²) in [5.41, 5.74) is 0. The fraction of sp³-hybridized carbons (Fsp3) is 0.583. The smallest absolute Gasteiger partial charge is 0.223 e. The van der Waals surface area contributed by atoms with E-state index in [0.29, 0.717) is 26.1 Å². The van der Waals surface area contributed by atoms with Crippen LogP contribution in [0.25, 0.3) is 0 Å². The molecule has 2 heterocycles. The molecule has 18 heavy (non-hydrogen) atoms. The molecule has 1 aliphatic rings. The fourth-order valence-electron chi connectivity index (χ4n) is 2.04. The third-order valence-corrected chi connectivity index (χ3v) is 3.26. The first kappa shape index (κ1) is 12.6. The minimum atomic E-state index is -0.170. The molecule has 0 radical (unpaired) electrons. The van der Waals surface area contributed by atoms with Crippen molar-refractivity contribution in [3.05, 3.63) is 18.7 Å². The zero-order chi connectivity index (χ0) is 13.0. The average molecular weight is 250 g/mol. The average Bonchev–Trinajstić information content (AvgIpc) is 2.85. The highest BCUT2D eigenvalue weighted by molar-refractivity contribution is 5.86. The van der Waals surface area contributed by atoms with Crippen LogP contribution in [-0.2, 0) is 16.1 Å². The van der Waals surface area contributed by atoms with Gasteiger partial charge in [-0.15, -0.1) is 0 Å². The molecule has 0 saturated carbocycles. The summed E-state index contributed by atoms with van der Waals surface area (Å²) in [4.78, 5) is 29.0. The Hall–Kier alpha value is -1.85. The first-order chi connectivity index (χ1) is 8.66. The van der Waals surface area contributed by atoms with Crippen LogP contribution in [0.3, 0.4) is 0 Å². The number of piperidine rings is 1. The van der Waals surface area contributed by atoms with E-state index in [1.54, 1.807) is 24.5 Å². The van der Waals surface area contributed by atoms with Crippen LogP contribution in [0.15, 0.2) is 18.7 Å². The normalized spacial score (nSPS) is 19.9. The van der Waals surface area contributed by atoms with Gasteiger partial charge in [0.2, 0.25) is 11.8 Å². The Balaban J connectivity index is 1.73. The van der Waals surface area contributed by atoms with Crippen LogP contribution in [0.4, 0.5) is 0 Å². The van der Waals surface area contributed by atoms with E-state index in [2.05, 4.69) is 10.3 Å². The van der Waals surface area contributed by atoms with Gasteiger partial charge in [0.25, 0.3) is 0 Å². The van der Waals surface area contributed by atoms with E-state index in [9.17, 15) is 9.59 Å². The number of likely N-dealkylation sites (tertiary alicyclic amines) is 1. The van der Waals surface area contributed by atoms with Crippen molar-refractivity contribution in [2.75, 3.05) is 20.1 Å². The van der Waals surface area contributed by atoms with E-state index in [0.717, 1.165) is 6.42 Å². The SMILES string of the molecule is CN1CC[C@@H](C(=O)NCCn2ccnc2)CC1=O. The molecule has 1 fully saturated rings. The van der Waals surface area contributed by atoms with E-state index in [-0.39, 0.29) is 17.7 Å². The molecule has 98 valence electrons. The summed E-state index contributed by atoms with van der Waals surface area (Å²) < 4.78 is 1.90.